The summed E-state index contributed by atoms with van der Waals surface area (Å²) in [7, 11) is 1.66. The number of carboxylic acid groups (broad SMARTS) is 1. The molecule has 25 heavy (non-hydrogen) atoms. The zero-order valence-electron chi connectivity index (χ0n) is 14.1. The Labute approximate surface area is 152 Å². The number of carbonyl (C=O) groups is 1. The molecule has 1 aliphatic heterocycles. The minimum Gasteiger partial charge on any atom is -0.480 e. The normalized spacial score (nSPS) is 17.6. The first-order valence-electron chi connectivity index (χ1n) is 8.23. The Hall–Kier alpha value is -2.18. The van der Waals surface area contributed by atoms with Crippen molar-refractivity contribution in [1.82, 2.24) is 14.9 Å². The molecule has 0 aliphatic carbocycles. The van der Waals surface area contributed by atoms with Gasteiger partial charge in [-0.3, -0.25) is 9.69 Å². The molecule has 0 unspecified atom stereocenters. The number of rotatable bonds is 6. The van der Waals surface area contributed by atoms with Crippen molar-refractivity contribution in [1.29, 1.82) is 0 Å². The molecule has 132 valence electrons. The summed E-state index contributed by atoms with van der Waals surface area (Å²) in [5.41, 5.74) is 2.24. The van der Waals surface area contributed by atoms with E-state index in [1.807, 2.05) is 18.2 Å². The largest absolute Gasteiger partial charge is 0.480 e. The van der Waals surface area contributed by atoms with E-state index >= 15 is 0 Å². The summed E-state index contributed by atoms with van der Waals surface area (Å²) in [6, 6.07) is 8.04. The minimum atomic E-state index is -0.905. The van der Waals surface area contributed by atoms with Crippen LogP contribution in [-0.2, 0) is 11.3 Å². The van der Waals surface area contributed by atoms with E-state index in [4.69, 9.17) is 16.7 Å². The predicted molar refractivity (Wildman–Crippen MR) is 97.0 cm³/mol. The zero-order valence-corrected chi connectivity index (χ0v) is 14.9. The van der Waals surface area contributed by atoms with Gasteiger partial charge in [0.25, 0.3) is 0 Å². The predicted octanol–water partition coefficient (Wildman–Crippen LogP) is 2.64. The average molecular weight is 361 g/mol. The lowest BCUT2D eigenvalue weighted by Crippen LogP contribution is -2.27. The van der Waals surface area contributed by atoms with Crippen molar-refractivity contribution in [3.63, 3.8) is 0 Å². The lowest BCUT2D eigenvalue weighted by Gasteiger charge is -2.18. The van der Waals surface area contributed by atoms with Crippen LogP contribution in [0.5, 0.6) is 0 Å². The SMILES string of the molecule is CN(CC(=O)O)c1ncc(CN2CC[C@H](c3ccccc3Cl)C2)cn1. The lowest BCUT2D eigenvalue weighted by molar-refractivity contribution is -0.135. The molecule has 7 heteroatoms. The van der Waals surface area contributed by atoms with E-state index in [1.54, 1.807) is 19.4 Å². The number of aliphatic carboxylic acids is 1. The molecule has 0 spiro atoms. The van der Waals surface area contributed by atoms with Gasteiger partial charge in [-0.15, -0.1) is 0 Å². The van der Waals surface area contributed by atoms with E-state index in [2.05, 4.69) is 20.9 Å². The molecule has 0 amide bonds. The van der Waals surface area contributed by atoms with Gasteiger partial charge in [-0.2, -0.15) is 0 Å². The molecule has 2 heterocycles. The second-order valence-corrected chi connectivity index (χ2v) is 6.79. The molecule has 1 aromatic carbocycles. The fourth-order valence-corrected chi connectivity index (χ4v) is 3.48. The van der Waals surface area contributed by atoms with E-state index in [1.165, 1.54) is 10.5 Å². The molecule has 1 fully saturated rings. The number of hydrogen-bond donors (Lipinski definition) is 1. The Morgan fingerprint density at radius 1 is 1.36 bits per heavy atom. The van der Waals surface area contributed by atoms with Gasteiger partial charge in [-0.1, -0.05) is 29.8 Å². The van der Waals surface area contributed by atoms with Crippen LogP contribution in [0.15, 0.2) is 36.7 Å². The van der Waals surface area contributed by atoms with E-state index in [9.17, 15) is 4.79 Å². The van der Waals surface area contributed by atoms with Gasteiger partial charge in [0.1, 0.15) is 6.54 Å². The third-order valence-corrected chi connectivity index (χ3v) is 4.77. The van der Waals surface area contributed by atoms with E-state index < -0.39 is 5.97 Å². The summed E-state index contributed by atoms with van der Waals surface area (Å²) in [5.74, 6) is -0.0324. The molecule has 1 N–H and O–H groups in total. The molecule has 1 saturated heterocycles. The second-order valence-electron chi connectivity index (χ2n) is 6.38. The van der Waals surface area contributed by atoms with E-state index in [0.29, 0.717) is 11.9 Å². The molecule has 1 aromatic heterocycles. The first-order chi connectivity index (χ1) is 12.0. The standard InChI is InChI=1S/C18H21ClN4O2/c1-22(12-17(24)25)18-20-8-13(9-21-18)10-23-7-6-14(11-23)15-4-2-3-5-16(15)19/h2-5,8-9,14H,6-7,10-12H2,1H3,(H,24,25)/t14-/m0/s1. The van der Waals surface area contributed by atoms with Crippen molar-refractivity contribution in [2.24, 2.45) is 0 Å². The summed E-state index contributed by atoms with van der Waals surface area (Å²) in [5, 5.41) is 9.65. The molecule has 6 nitrogen and oxygen atoms in total. The number of likely N-dealkylation sites (tertiary alicyclic amines) is 1. The maximum atomic E-state index is 10.7. The third kappa shape index (κ3) is 4.46. The Morgan fingerprint density at radius 3 is 2.76 bits per heavy atom. The van der Waals surface area contributed by atoms with Gasteiger partial charge in [0.2, 0.25) is 5.95 Å². The first kappa shape index (κ1) is 17.6. The fraction of sp³-hybridized carbons (Fsp3) is 0.389. The van der Waals surface area contributed by atoms with Crippen LogP contribution in [0.2, 0.25) is 5.02 Å². The minimum absolute atomic E-state index is 0.120. The summed E-state index contributed by atoms with van der Waals surface area (Å²) in [6.45, 7) is 2.63. The quantitative estimate of drug-likeness (QED) is 0.854. The van der Waals surface area contributed by atoms with Crippen LogP contribution in [0.1, 0.15) is 23.5 Å². The number of aromatic nitrogens is 2. The highest BCUT2D eigenvalue weighted by Crippen LogP contribution is 2.32. The van der Waals surface area contributed by atoms with Crippen LogP contribution in [0.3, 0.4) is 0 Å². The topological polar surface area (TPSA) is 69.6 Å². The summed E-state index contributed by atoms with van der Waals surface area (Å²) in [6.07, 6.45) is 4.62. The Morgan fingerprint density at radius 2 is 2.08 bits per heavy atom. The molecule has 1 atom stereocenters. The molecule has 0 bridgehead atoms. The number of carboxylic acids is 1. The highest BCUT2D eigenvalue weighted by molar-refractivity contribution is 6.31. The number of halogens is 1. The van der Waals surface area contributed by atoms with Crippen LogP contribution >= 0.6 is 11.6 Å². The highest BCUT2D eigenvalue weighted by atomic mass is 35.5. The van der Waals surface area contributed by atoms with Crippen molar-refractivity contribution in [3.05, 3.63) is 52.8 Å². The van der Waals surface area contributed by atoms with Gasteiger partial charge < -0.3 is 10.0 Å². The molecule has 0 saturated carbocycles. The summed E-state index contributed by atoms with van der Waals surface area (Å²) < 4.78 is 0. The van der Waals surface area contributed by atoms with Gasteiger partial charge in [0.05, 0.1) is 0 Å². The highest BCUT2D eigenvalue weighted by Gasteiger charge is 2.25. The summed E-state index contributed by atoms with van der Waals surface area (Å²) in [4.78, 5) is 23.2. The Balaban J connectivity index is 1.58. The van der Waals surface area contributed by atoms with Crippen LogP contribution in [0.25, 0.3) is 0 Å². The zero-order chi connectivity index (χ0) is 17.8. The van der Waals surface area contributed by atoms with Crippen molar-refractivity contribution in [2.75, 3.05) is 31.6 Å². The molecular formula is C18H21ClN4O2. The van der Waals surface area contributed by atoms with Crippen molar-refractivity contribution in [3.8, 4) is 0 Å². The maximum absolute atomic E-state index is 10.7. The number of likely N-dealkylation sites (N-methyl/N-ethyl adjacent to an activating group) is 1. The smallest absolute Gasteiger partial charge is 0.323 e. The number of benzene rings is 1. The number of nitrogens with zero attached hydrogens (tertiary/aromatic N) is 4. The number of hydrogen-bond acceptors (Lipinski definition) is 5. The summed E-state index contributed by atoms with van der Waals surface area (Å²) >= 11 is 6.31. The van der Waals surface area contributed by atoms with Gasteiger partial charge in [-0.05, 0) is 30.5 Å². The van der Waals surface area contributed by atoms with Crippen molar-refractivity contribution >= 4 is 23.5 Å². The van der Waals surface area contributed by atoms with Crippen LogP contribution in [0, 0.1) is 0 Å². The molecule has 0 radical (unpaired) electrons. The Bertz CT molecular complexity index is 738. The van der Waals surface area contributed by atoms with Crippen LogP contribution in [0.4, 0.5) is 5.95 Å². The van der Waals surface area contributed by atoms with Crippen LogP contribution in [-0.4, -0.2) is 52.6 Å². The maximum Gasteiger partial charge on any atom is 0.323 e. The second kappa shape index (κ2) is 7.80. The Kier molecular flexibility index (Phi) is 5.50. The van der Waals surface area contributed by atoms with Gasteiger partial charge in [0.15, 0.2) is 0 Å². The van der Waals surface area contributed by atoms with Gasteiger partial charge in [0, 0.05) is 43.1 Å². The van der Waals surface area contributed by atoms with Gasteiger partial charge in [-0.25, -0.2) is 9.97 Å². The monoisotopic (exact) mass is 360 g/mol. The lowest BCUT2D eigenvalue weighted by atomic mass is 9.98. The fourth-order valence-electron chi connectivity index (χ4n) is 3.19. The molecular weight excluding hydrogens is 340 g/mol. The molecule has 2 aromatic rings. The van der Waals surface area contributed by atoms with Gasteiger partial charge >= 0.3 is 5.97 Å². The first-order valence-corrected chi connectivity index (χ1v) is 8.61. The molecule has 1 aliphatic rings. The van der Waals surface area contributed by atoms with Crippen LogP contribution < -0.4 is 4.90 Å². The number of anilines is 1. The molecule has 3 rings (SSSR count). The average Bonchev–Trinajstić information content (AvgIpc) is 3.03. The van der Waals surface area contributed by atoms with Crippen molar-refractivity contribution in [2.45, 2.75) is 18.9 Å². The van der Waals surface area contributed by atoms with Crippen molar-refractivity contribution < 1.29 is 9.90 Å². The van der Waals surface area contributed by atoms with E-state index in [0.717, 1.165) is 36.6 Å². The third-order valence-electron chi connectivity index (χ3n) is 4.43. The van der Waals surface area contributed by atoms with E-state index in [-0.39, 0.29) is 6.54 Å².